The second kappa shape index (κ2) is 5.65. The maximum absolute atomic E-state index is 11.9. The molecule has 100 valence electrons. The minimum absolute atomic E-state index is 0.0100. The van der Waals surface area contributed by atoms with Crippen LogP contribution in [0, 0.1) is 5.92 Å². The molecule has 1 aromatic heterocycles. The molecule has 1 aliphatic rings. The van der Waals surface area contributed by atoms with Crippen LogP contribution in [0.25, 0.3) is 0 Å². The maximum atomic E-state index is 11.9. The molecule has 1 N–H and O–H groups in total. The van der Waals surface area contributed by atoms with E-state index < -0.39 is 0 Å². The Morgan fingerprint density at radius 2 is 1.95 bits per heavy atom. The van der Waals surface area contributed by atoms with Crippen molar-refractivity contribution in [1.82, 2.24) is 10.4 Å². The van der Waals surface area contributed by atoms with Gasteiger partial charge in [0.25, 0.3) is 0 Å². The van der Waals surface area contributed by atoms with Crippen molar-refractivity contribution in [2.24, 2.45) is 11.0 Å². The third-order valence-corrected chi connectivity index (χ3v) is 3.45. The summed E-state index contributed by atoms with van der Waals surface area (Å²) in [4.78, 5) is 15.9. The fraction of sp³-hybridized carbons (Fsp3) is 0.188. The molecule has 0 aliphatic heterocycles. The van der Waals surface area contributed by atoms with Gasteiger partial charge in [0, 0.05) is 18.3 Å². The minimum atomic E-state index is -0.0100. The molecule has 0 spiro atoms. The molecule has 1 fully saturated rings. The monoisotopic (exact) mass is 265 g/mol. The fourth-order valence-electron chi connectivity index (χ4n) is 2.26. The fourth-order valence-corrected chi connectivity index (χ4v) is 2.26. The zero-order chi connectivity index (χ0) is 13.8. The second-order valence-corrected chi connectivity index (χ2v) is 4.87. The van der Waals surface area contributed by atoms with Gasteiger partial charge in [-0.15, -0.1) is 0 Å². The molecule has 1 heterocycles. The lowest BCUT2D eigenvalue weighted by Gasteiger charge is -1.99. The number of pyridine rings is 1. The lowest BCUT2D eigenvalue weighted by atomic mass is 10.1. The van der Waals surface area contributed by atoms with Gasteiger partial charge in [0.05, 0.1) is 6.21 Å². The van der Waals surface area contributed by atoms with Crippen LogP contribution in [0.15, 0.2) is 60.0 Å². The van der Waals surface area contributed by atoms with Crippen molar-refractivity contribution in [3.05, 3.63) is 66.0 Å². The third-order valence-electron chi connectivity index (χ3n) is 3.45. The summed E-state index contributed by atoms with van der Waals surface area (Å²) in [5.74, 6) is 0.378. The average molecular weight is 265 g/mol. The van der Waals surface area contributed by atoms with Crippen LogP contribution >= 0.6 is 0 Å². The second-order valence-electron chi connectivity index (χ2n) is 4.87. The maximum Gasteiger partial charge on any atom is 0.243 e. The summed E-state index contributed by atoms with van der Waals surface area (Å²) < 4.78 is 0. The van der Waals surface area contributed by atoms with Gasteiger partial charge in [-0.3, -0.25) is 9.78 Å². The summed E-state index contributed by atoms with van der Waals surface area (Å²) in [6, 6.07) is 13.8. The topological polar surface area (TPSA) is 54.4 Å². The normalized spacial score (nSPS) is 20.8. The summed E-state index contributed by atoms with van der Waals surface area (Å²) in [5, 5.41) is 3.98. The number of hydrogen-bond acceptors (Lipinski definition) is 3. The number of aromatic nitrogens is 1. The molecular formula is C16H15N3O. The van der Waals surface area contributed by atoms with Crippen LogP contribution in [0.1, 0.15) is 23.5 Å². The van der Waals surface area contributed by atoms with E-state index in [0.717, 1.165) is 12.0 Å². The highest BCUT2D eigenvalue weighted by Gasteiger charge is 2.43. The van der Waals surface area contributed by atoms with Crippen LogP contribution in [0.5, 0.6) is 0 Å². The minimum Gasteiger partial charge on any atom is -0.273 e. The largest absolute Gasteiger partial charge is 0.273 e. The van der Waals surface area contributed by atoms with Gasteiger partial charge in [0.1, 0.15) is 0 Å². The van der Waals surface area contributed by atoms with Crippen LogP contribution in [-0.2, 0) is 4.79 Å². The van der Waals surface area contributed by atoms with Gasteiger partial charge < -0.3 is 0 Å². The van der Waals surface area contributed by atoms with Gasteiger partial charge in [-0.05, 0) is 35.6 Å². The Morgan fingerprint density at radius 3 is 2.70 bits per heavy atom. The van der Waals surface area contributed by atoms with Crippen molar-refractivity contribution in [1.29, 1.82) is 0 Å². The molecule has 1 amide bonds. The van der Waals surface area contributed by atoms with Crippen molar-refractivity contribution < 1.29 is 4.79 Å². The third kappa shape index (κ3) is 2.91. The Kier molecular flexibility index (Phi) is 3.54. The number of amides is 1. The summed E-state index contributed by atoms with van der Waals surface area (Å²) in [5.41, 5.74) is 4.74. The van der Waals surface area contributed by atoms with Gasteiger partial charge in [-0.1, -0.05) is 30.3 Å². The summed E-state index contributed by atoms with van der Waals surface area (Å²) in [6.45, 7) is 0. The number of rotatable bonds is 4. The molecule has 0 saturated heterocycles. The Morgan fingerprint density at radius 1 is 1.20 bits per heavy atom. The molecule has 1 aliphatic carbocycles. The lowest BCUT2D eigenvalue weighted by molar-refractivity contribution is -0.122. The van der Waals surface area contributed by atoms with E-state index >= 15 is 0 Å². The van der Waals surface area contributed by atoms with E-state index in [1.54, 1.807) is 18.6 Å². The average Bonchev–Trinajstić information content (AvgIpc) is 3.30. The molecular weight excluding hydrogens is 250 g/mol. The molecule has 2 aromatic rings. The van der Waals surface area contributed by atoms with Gasteiger partial charge >= 0.3 is 0 Å². The smallest absolute Gasteiger partial charge is 0.243 e. The van der Waals surface area contributed by atoms with Gasteiger partial charge in [0.2, 0.25) is 5.91 Å². The highest BCUT2D eigenvalue weighted by molar-refractivity contribution is 5.85. The molecule has 1 saturated carbocycles. The number of hydrogen-bond donors (Lipinski definition) is 1. The molecule has 0 unspecified atom stereocenters. The Hall–Kier alpha value is -2.49. The number of carbonyl (C=O) groups excluding carboxylic acids is 1. The van der Waals surface area contributed by atoms with E-state index in [-0.39, 0.29) is 11.8 Å². The Bertz CT molecular complexity index is 610. The van der Waals surface area contributed by atoms with Crippen molar-refractivity contribution >= 4 is 12.1 Å². The van der Waals surface area contributed by atoms with Crippen LogP contribution in [0.3, 0.4) is 0 Å². The van der Waals surface area contributed by atoms with Crippen molar-refractivity contribution in [3.8, 4) is 0 Å². The van der Waals surface area contributed by atoms with E-state index in [1.165, 1.54) is 5.56 Å². The number of carbonyl (C=O) groups is 1. The van der Waals surface area contributed by atoms with Crippen molar-refractivity contribution in [2.75, 3.05) is 0 Å². The van der Waals surface area contributed by atoms with Crippen LogP contribution in [0.4, 0.5) is 0 Å². The van der Waals surface area contributed by atoms with Crippen LogP contribution in [0.2, 0.25) is 0 Å². The molecule has 3 rings (SSSR count). The van der Waals surface area contributed by atoms with Gasteiger partial charge in [-0.25, -0.2) is 5.43 Å². The first-order chi connectivity index (χ1) is 9.84. The van der Waals surface area contributed by atoms with Gasteiger partial charge in [0.15, 0.2) is 0 Å². The number of nitrogens with one attached hydrogen (secondary N) is 1. The van der Waals surface area contributed by atoms with Crippen LogP contribution in [-0.4, -0.2) is 17.1 Å². The SMILES string of the molecule is O=C(N/N=C\c1ccncc1)[C@H]1C[C@H]1c1ccccc1. The first-order valence-electron chi connectivity index (χ1n) is 6.62. The zero-order valence-electron chi connectivity index (χ0n) is 10.9. The first-order valence-corrected chi connectivity index (χ1v) is 6.62. The number of benzene rings is 1. The first kappa shape index (κ1) is 12.5. The summed E-state index contributed by atoms with van der Waals surface area (Å²) in [7, 11) is 0. The Balaban J connectivity index is 1.53. The van der Waals surface area contributed by atoms with E-state index in [1.807, 2.05) is 30.3 Å². The quantitative estimate of drug-likeness (QED) is 0.681. The van der Waals surface area contributed by atoms with E-state index in [0.29, 0.717) is 5.92 Å². The molecule has 2 atom stereocenters. The molecule has 0 radical (unpaired) electrons. The predicted molar refractivity (Wildman–Crippen MR) is 77.3 cm³/mol. The summed E-state index contributed by atoms with van der Waals surface area (Å²) in [6.07, 6.45) is 5.91. The zero-order valence-corrected chi connectivity index (χ0v) is 10.9. The molecule has 20 heavy (non-hydrogen) atoms. The van der Waals surface area contributed by atoms with Crippen molar-refractivity contribution in [3.63, 3.8) is 0 Å². The molecule has 4 nitrogen and oxygen atoms in total. The number of nitrogens with zero attached hydrogens (tertiary/aromatic N) is 2. The van der Waals surface area contributed by atoms with E-state index in [2.05, 4.69) is 27.6 Å². The molecule has 4 heteroatoms. The highest BCUT2D eigenvalue weighted by Crippen LogP contribution is 2.47. The van der Waals surface area contributed by atoms with E-state index in [4.69, 9.17) is 0 Å². The van der Waals surface area contributed by atoms with Crippen LogP contribution < -0.4 is 5.43 Å². The van der Waals surface area contributed by atoms with Gasteiger partial charge in [-0.2, -0.15) is 5.10 Å². The van der Waals surface area contributed by atoms with E-state index in [9.17, 15) is 4.79 Å². The highest BCUT2D eigenvalue weighted by atomic mass is 16.2. The molecule has 1 aromatic carbocycles. The Labute approximate surface area is 117 Å². The predicted octanol–water partition coefficient (Wildman–Crippen LogP) is 2.34. The van der Waals surface area contributed by atoms with Crippen molar-refractivity contribution in [2.45, 2.75) is 12.3 Å². The summed E-state index contributed by atoms with van der Waals surface area (Å²) >= 11 is 0. The molecule has 0 bridgehead atoms. The lowest BCUT2D eigenvalue weighted by Crippen LogP contribution is -2.20. The standard InChI is InChI=1S/C16H15N3O/c20-16(19-18-11-12-6-8-17-9-7-12)15-10-14(15)13-4-2-1-3-5-13/h1-9,11,14-15H,10H2,(H,19,20)/b18-11-/t14-,15-/m0/s1. The number of hydrazone groups is 1.